The number of ether oxygens (including phenoxy) is 1. The van der Waals surface area contributed by atoms with Crippen molar-refractivity contribution in [1.82, 2.24) is 15.0 Å². The van der Waals surface area contributed by atoms with Gasteiger partial charge >= 0.3 is 6.01 Å². The van der Waals surface area contributed by atoms with Gasteiger partial charge in [-0.25, -0.2) is 0 Å². The van der Waals surface area contributed by atoms with E-state index in [0.717, 1.165) is 23.1 Å². The van der Waals surface area contributed by atoms with Crippen LogP contribution in [-0.2, 0) is 26.7 Å². The molecule has 0 unspecified atom stereocenters. The number of nitrogens with one attached hydrogen (secondary N) is 2. The van der Waals surface area contributed by atoms with Crippen LogP contribution in [0.25, 0.3) is 21.5 Å². The first-order valence-corrected chi connectivity index (χ1v) is 21.6. The number of aromatic hydroxyl groups is 3. The molecule has 0 aliphatic rings. The SMILES string of the molecule is COc1cc(N=Nc2cccc3cccc(O)c23)c(Nc2nc(O)nc(Nc3ccc(S(=O)(=O)O)cc3)n2)cc1N=Nc1ccc2ccc(Cc3cccc(S(=O)(=O)O)c3)cc2c1O. The number of aromatic nitrogens is 3. The molecule has 1 heterocycles. The van der Waals surface area contributed by atoms with Crippen LogP contribution < -0.4 is 15.4 Å². The van der Waals surface area contributed by atoms with Crippen molar-refractivity contribution in [2.75, 3.05) is 17.7 Å². The van der Waals surface area contributed by atoms with Crippen LogP contribution in [0.15, 0.2) is 158 Å². The molecule has 0 spiro atoms. The molecule has 0 atom stereocenters. The summed E-state index contributed by atoms with van der Waals surface area (Å²) in [4.78, 5) is 11.6. The van der Waals surface area contributed by atoms with E-state index in [0.29, 0.717) is 39.5 Å². The number of benzene rings is 7. The van der Waals surface area contributed by atoms with Gasteiger partial charge in [-0.05, 0) is 95.1 Å². The summed E-state index contributed by atoms with van der Waals surface area (Å²) in [5.41, 5.74) is 2.56. The van der Waals surface area contributed by atoms with E-state index in [1.165, 1.54) is 55.6 Å². The van der Waals surface area contributed by atoms with Crippen molar-refractivity contribution in [2.45, 2.75) is 16.2 Å². The van der Waals surface area contributed by atoms with Crippen molar-refractivity contribution in [3.05, 3.63) is 139 Å². The standard InChI is InChI=1S/C43H33N9O10S2/c1-62-38-23-35(51-49-32-9-3-6-27-7-4-10-37(53)39(27)32)34(45-42-46-41(47-43(55)48-42)44-28-14-16-29(17-15-28)63(56,57)58)22-36(38)52-50-33-18-13-26-12-11-25(21-31(26)40(33)54)19-24-5-2-8-30(20-24)64(59,60)61/h2-18,20-23,53-54H,19H2,1H3,(H,56,57,58)(H,59,60,61)(H3,44,45,46,47,48,55). The van der Waals surface area contributed by atoms with Gasteiger partial charge in [0.05, 0.1) is 33.7 Å². The fourth-order valence-corrected chi connectivity index (χ4v) is 7.63. The molecule has 0 radical (unpaired) electrons. The highest BCUT2D eigenvalue weighted by atomic mass is 32.2. The normalized spacial score (nSPS) is 12.0. The number of anilines is 4. The number of phenols is 2. The number of fused-ring (bicyclic) bond motifs is 2. The van der Waals surface area contributed by atoms with Crippen LogP contribution in [0.5, 0.6) is 23.3 Å². The first-order valence-electron chi connectivity index (χ1n) is 18.8. The zero-order valence-electron chi connectivity index (χ0n) is 33.1. The third-order valence-electron chi connectivity index (χ3n) is 9.61. The van der Waals surface area contributed by atoms with Crippen LogP contribution in [-0.4, -0.2) is 63.3 Å². The Kier molecular flexibility index (Phi) is 11.5. The van der Waals surface area contributed by atoms with Gasteiger partial charge in [0, 0.05) is 17.1 Å². The van der Waals surface area contributed by atoms with E-state index in [1.54, 1.807) is 48.5 Å². The highest BCUT2D eigenvalue weighted by Gasteiger charge is 2.17. The summed E-state index contributed by atoms with van der Waals surface area (Å²) in [6.07, 6.45) is 0.295. The number of methoxy groups -OCH3 is 1. The summed E-state index contributed by atoms with van der Waals surface area (Å²) in [6.45, 7) is 0. The number of hydrogen-bond donors (Lipinski definition) is 7. The minimum atomic E-state index is -4.44. The molecule has 0 fully saturated rings. The van der Waals surface area contributed by atoms with Gasteiger partial charge in [-0.2, -0.15) is 31.8 Å². The van der Waals surface area contributed by atoms with Crippen LogP contribution >= 0.6 is 0 Å². The van der Waals surface area contributed by atoms with Gasteiger partial charge in [0.2, 0.25) is 11.9 Å². The first kappa shape index (κ1) is 42.6. The molecule has 0 amide bonds. The van der Waals surface area contributed by atoms with E-state index in [2.05, 4.69) is 46.0 Å². The van der Waals surface area contributed by atoms with E-state index in [4.69, 9.17) is 4.74 Å². The zero-order chi connectivity index (χ0) is 45.2. The lowest BCUT2D eigenvalue weighted by atomic mass is 10.0. The highest BCUT2D eigenvalue weighted by Crippen LogP contribution is 2.43. The van der Waals surface area contributed by atoms with E-state index in [-0.39, 0.29) is 61.7 Å². The van der Waals surface area contributed by atoms with E-state index >= 15 is 0 Å². The van der Waals surface area contributed by atoms with Crippen LogP contribution in [0.1, 0.15) is 11.1 Å². The molecule has 8 rings (SSSR count). The van der Waals surface area contributed by atoms with E-state index < -0.39 is 26.2 Å². The molecule has 7 aromatic carbocycles. The summed E-state index contributed by atoms with van der Waals surface area (Å²) in [5.74, 6) is -0.369. The Bertz CT molecular complexity index is 3400. The predicted octanol–water partition coefficient (Wildman–Crippen LogP) is 9.71. The zero-order valence-corrected chi connectivity index (χ0v) is 34.7. The lowest BCUT2D eigenvalue weighted by Crippen LogP contribution is -2.04. The summed E-state index contributed by atoms with van der Waals surface area (Å²) in [7, 11) is -7.44. The molecule has 19 nitrogen and oxygen atoms in total. The number of nitrogens with zero attached hydrogens (tertiary/aromatic N) is 7. The highest BCUT2D eigenvalue weighted by molar-refractivity contribution is 7.86. The second-order valence-corrected chi connectivity index (χ2v) is 16.8. The van der Waals surface area contributed by atoms with Crippen LogP contribution in [0.4, 0.5) is 46.0 Å². The molecule has 7 N–H and O–H groups in total. The fourth-order valence-electron chi connectivity index (χ4n) is 6.60. The Morgan fingerprint density at radius 2 is 1.22 bits per heavy atom. The van der Waals surface area contributed by atoms with Crippen LogP contribution in [0, 0.1) is 0 Å². The molecule has 64 heavy (non-hydrogen) atoms. The van der Waals surface area contributed by atoms with Crippen molar-refractivity contribution >= 4 is 87.8 Å². The van der Waals surface area contributed by atoms with Crippen molar-refractivity contribution < 1.29 is 46.0 Å². The second kappa shape index (κ2) is 17.3. The van der Waals surface area contributed by atoms with Gasteiger partial charge in [0.1, 0.15) is 28.6 Å². The van der Waals surface area contributed by atoms with Gasteiger partial charge < -0.3 is 30.7 Å². The van der Waals surface area contributed by atoms with Crippen molar-refractivity contribution in [1.29, 1.82) is 0 Å². The fraction of sp³-hybridized carbons (Fsp3) is 0.0465. The molecular weight excluding hydrogens is 867 g/mol. The van der Waals surface area contributed by atoms with Gasteiger partial charge in [-0.3, -0.25) is 9.11 Å². The molecule has 0 aliphatic carbocycles. The smallest absolute Gasteiger partial charge is 0.320 e. The predicted molar refractivity (Wildman–Crippen MR) is 236 cm³/mol. The molecule has 0 saturated carbocycles. The lowest BCUT2D eigenvalue weighted by molar-refractivity contribution is 0.416. The third kappa shape index (κ3) is 9.51. The van der Waals surface area contributed by atoms with Crippen LogP contribution in [0.3, 0.4) is 0 Å². The molecule has 0 saturated heterocycles. The molecule has 8 aromatic rings. The third-order valence-corrected chi connectivity index (χ3v) is 11.3. The molecule has 0 aliphatic heterocycles. The number of rotatable bonds is 13. The van der Waals surface area contributed by atoms with Crippen molar-refractivity contribution in [2.24, 2.45) is 20.5 Å². The number of phenolic OH excluding ortho intramolecular Hbond substituents is 2. The van der Waals surface area contributed by atoms with Crippen molar-refractivity contribution in [3.63, 3.8) is 0 Å². The maximum Gasteiger partial charge on any atom is 0.320 e. The maximum absolute atomic E-state index is 11.7. The molecule has 0 bridgehead atoms. The number of hydrogen-bond acceptors (Lipinski definition) is 17. The van der Waals surface area contributed by atoms with E-state index in [1.807, 2.05) is 18.2 Å². The van der Waals surface area contributed by atoms with Crippen molar-refractivity contribution in [3.8, 4) is 23.3 Å². The molecule has 1 aromatic heterocycles. The Morgan fingerprint density at radius 1 is 0.578 bits per heavy atom. The molecular formula is C43H33N9O10S2. The maximum atomic E-state index is 11.7. The average Bonchev–Trinajstić information content (AvgIpc) is 3.25. The Balaban J connectivity index is 1.15. The average molecular weight is 900 g/mol. The van der Waals surface area contributed by atoms with Gasteiger partial charge in [-0.15, -0.1) is 20.5 Å². The Morgan fingerprint density at radius 3 is 1.95 bits per heavy atom. The molecule has 322 valence electrons. The second-order valence-electron chi connectivity index (χ2n) is 13.9. The largest absolute Gasteiger partial charge is 0.507 e. The summed E-state index contributed by atoms with van der Waals surface area (Å²) in [6, 6.07) is 32.2. The summed E-state index contributed by atoms with van der Waals surface area (Å²) >= 11 is 0. The van der Waals surface area contributed by atoms with E-state index in [9.17, 15) is 41.3 Å². The van der Waals surface area contributed by atoms with Gasteiger partial charge in [-0.1, -0.05) is 54.6 Å². The first-order chi connectivity index (χ1) is 30.6. The van der Waals surface area contributed by atoms with Crippen LogP contribution in [0.2, 0.25) is 0 Å². The topological polar surface area (TPSA) is 291 Å². The molecule has 21 heteroatoms. The summed E-state index contributed by atoms with van der Waals surface area (Å²) in [5, 5.41) is 58.4. The van der Waals surface area contributed by atoms with Gasteiger partial charge in [0.15, 0.2) is 5.75 Å². The monoisotopic (exact) mass is 899 g/mol. The quantitative estimate of drug-likeness (QED) is 0.0418. The number of azo groups is 2. The summed E-state index contributed by atoms with van der Waals surface area (Å²) < 4.78 is 70.9. The minimum absolute atomic E-state index is 0.00863. The van der Waals surface area contributed by atoms with Gasteiger partial charge in [0.25, 0.3) is 20.2 Å². The Labute approximate surface area is 363 Å². The lowest BCUT2D eigenvalue weighted by Gasteiger charge is -2.13. The minimum Gasteiger partial charge on any atom is -0.507 e. The Hall–Kier alpha value is -8.11.